The zero-order valence-corrected chi connectivity index (χ0v) is 33.3. The third kappa shape index (κ3) is 6.98. The fourth-order valence-corrected chi connectivity index (χ4v) is 13.9. The minimum absolute atomic E-state index is 0.0406. The molecule has 11 atom stereocenters. The smallest absolute Gasteiger partial charge is 0.421 e. The molecule has 10 heteroatoms. The molecule has 1 unspecified atom stereocenters. The van der Waals surface area contributed by atoms with E-state index in [-0.39, 0.29) is 46.1 Å². The van der Waals surface area contributed by atoms with Crippen LogP contribution in [-0.2, 0) is 25.6 Å². The molecule has 8 nitrogen and oxygen atoms in total. The number of rotatable bonds is 8. The number of sulfonamides is 1. The maximum Gasteiger partial charge on any atom is 0.421 e. The van der Waals surface area contributed by atoms with E-state index in [1.807, 2.05) is 13.8 Å². The maximum atomic E-state index is 13.2. The molecule has 4 saturated carbocycles. The molecular weight excluding hydrogens is 655 g/mol. The van der Waals surface area contributed by atoms with E-state index < -0.39 is 24.4 Å². The summed E-state index contributed by atoms with van der Waals surface area (Å²) in [6.45, 7) is 20.7. The summed E-state index contributed by atoms with van der Waals surface area (Å²) < 4.78 is 47.4. The number of nitrogens with one attached hydrogen (secondary N) is 1. The lowest BCUT2D eigenvalue weighted by molar-refractivity contribution is -0.198. The van der Waals surface area contributed by atoms with Crippen LogP contribution >= 0.6 is 0 Å². The van der Waals surface area contributed by atoms with Crippen molar-refractivity contribution in [2.75, 3.05) is 6.61 Å². The van der Waals surface area contributed by atoms with Crippen molar-refractivity contribution in [3.63, 3.8) is 0 Å². The molecule has 2 N–H and O–H groups in total. The molecule has 0 radical (unpaired) electrons. The van der Waals surface area contributed by atoms with Gasteiger partial charge in [0.15, 0.2) is 8.32 Å². The summed E-state index contributed by atoms with van der Waals surface area (Å²) in [6, 6.07) is 4.76. The second-order valence-electron chi connectivity index (χ2n) is 18.6. The van der Waals surface area contributed by atoms with Gasteiger partial charge in [-0.1, -0.05) is 34.1 Å². The first-order valence-electron chi connectivity index (χ1n) is 19.2. The van der Waals surface area contributed by atoms with E-state index >= 15 is 0 Å². The Morgan fingerprint density at radius 3 is 2.41 bits per heavy atom. The number of hydrogen-bond donors (Lipinski definition) is 2. The summed E-state index contributed by atoms with van der Waals surface area (Å²) in [5, 5.41) is 10.8. The molecule has 0 bridgehead atoms. The fraction of sp³-hybridized carbons (Fsp3) is 0.821. The third-order valence-corrected chi connectivity index (χ3v) is 16.3. The van der Waals surface area contributed by atoms with Gasteiger partial charge in [-0.05, 0) is 167 Å². The quantitative estimate of drug-likeness (QED) is 0.260. The lowest BCUT2D eigenvalue weighted by atomic mass is 9.41. The topological polar surface area (TPSA) is 111 Å². The van der Waals surface area contributed by atoms with E-state index in [0.29, 0.717) is 47.7 Å². The van der Waals surface area contributed by atoms with E-state index in [1.54, 1.807) is 12.1 Å². The number of aryl methyl sites for hydroxylation is 1. The molecule has 1 aromatic carbocycles. The van der Waals surface area contributed by atoms with Crippen LogP contribution in [0.1, 0.15) is 105 Å². The van der Waals surface area contributed by atoms with Gasteiger partial charge < -0.3 is 19.0 Å². The molecule has 1 aliphatic heterocycles. The second-order valence-corrected chi connectivity index (χ2v) is 24.8. The Bertz CT molecular complexity index is 1510. The first-order valence-corrected chi connectivity index (χ1v) is 24.0. The van der Waals surface area contributed by atoms with Crippen molar-refractivity contribution in [3.8, 4) is 5.75 Å². The highest BCUT2D eigenvalue weighted by Gasteiger charge is 2.65. The Labute approximate surface area is 297 Å². The standard InChI is InChI=1S/C39H63NO7SSi/c1-10-28-32-22-26(41)16-19-39(32,6)31-17-20-38(5)29(12-13-30(38)34(31)35(28)47-49(7,8)9)24(2)23-45-36(42)40-48(43,44)27-11-14-33-25(21-27)15-18-37(3,4)46-33/h11,14,21,24,26,28-32,34-35,41H,10,12-13,15-20,22-23H2,1-9H3,(H,40,42)/t24-,26-,28-,29-,30+,31+,32+,34+,35?,38-,39-/m1/s1. The number of aliphatic hydroxyl groups excluding tert-OH is 1. The number of ether oxygens (including phenoxy) is 2. The molecule has 1 amide bonds. The fourth-order valence-electron chi connectivity index (χ4n) is 11.8. The van der Waals surface area contributed by atoms with E-state index in [9.17, 15) is 18.3 Å². The van der Waals surface area contributed by atoms with Crippen LogP contribution < -0.4 is 9.46 Å². The minimum atomic E-state index is -4.09. The molecule has 0 spiro atoms. The van der Waals surface area contributed by atoms with E-state index in [1.165, 1.54) is 12.5 Å². The zero-order valence-electron chi connectivity index (χ0n) is 31.5. The summed E-state index contributed by atoms with van der Waals surface area (Å²) in [5.74, 6) is 3.73. The first-order chi connectivity index (χ1) is 22.8. The molecular formula is C39H63NO7SSi. The van der Waals surface area contributed by atoms with Crippen LogP contribution in [0.3, 0.4) is 0 Å². The first kappa shape index (κ1) is 37.1. The van der Waals surface area contributed by atoms with Gasteiger partial charge in [-0.3, -0.25) is 0 Å². The van der Waals surface area contributed by atoms with Gasteiger partial charge >= 0.3 is 6.09 Å². The van der Waals surface area contributed by atoms with Crippen LogP contribution in [0.2, 0.25) is 19.6 Å². The van der Waals surface area contributed by atoms with E-state index in [4.69, 9.17) is 13.9 Å². The molecule has 276 valence electrons. The number of hydrogen-bond acceptors (Lipinski definition) is 7. The van der Waals surface area contributed by atoms with Crippen LogP contribution in [0.25, 0.3) is 0 Å². The van der Waals surface area contributed by atoms with Crippen molar-refractivity contribution in [1.82, 2.24) is 4.72 Å². The number of aliphatic hydroxyl groups is 1. The number of carbonyl (C=O) groups is 1. The Morgan fingerprint density at radius 1 is 1.02 bits per heavy atom. The highest BCUT2D eigenvalue weighted by atomic mass is 32.2. The average molecular weight is 718 g/mol. The van der Waals surface area contributed by atoms with Crippen molar-refractivity contribution in [3.05, 3.63) is 23.8 Å². The van der Waals surface area contributed by atoms with Gasteiger partial charge in [-0.15, -0.1) is 0 Å². The summed E-state index contributed by atoms with van der Waals surface area (Å²) in [4.78, 5) is 13.0. The predicted octanol–water partition coefficient (Wildman–Crippen LogP) is 8.33. The SMILES string of the molecule is CC[C@H]1C(O[Si](C)(C)C)[C@@H]2[C@H](CC[C@]3(C)[C@@H]([C@H](C)COC(=O)NS(=O)(=O)c4ccc5c(c4)CCC(C)(C)O5)CC[C@@H]23)[C@@]2(C)CC[C@@H](O)C[C@@H]12. The molecule has 5 aliphatic rings. The second kappa shape index (κ2) is 13.1. The summed E-state index contributed by atoms with van der Waals surface area (Å²) in [5.41, 5.74) is 0.863. The lowest BCUT2D eigenvalue weighted by Crippen LogP contribution is -2.63. The average Bonchev–Trinajstić information content (AvgIpc) is 3.36. The summed E-state index contributed by atoms with van der Waals surface area (Å²) in [7, 11) is -5.94. The van der Waals surface area contributed by atoms with Crippen LogP contribution in [0, 0.1) is 52.3 Å². The molecule has 1 aromatic rings. The summed E-state index contributed by atoms with van der Waals surface area (Å²) >= 11 is 0. The van der Waals surface area contributed by atoms with Crippen molar-refractivity contribution >= 4 is 24.4 Å². The van der Waals surface area contributed by atoms with Crippen LogP contribution in [-0.4, -0.2) is 52.4 Å². The lowest BCUT2D eigenvalue weighted by Gasteiger charge is -2.66. The molecule has 6 rings (SSSR count). The van der Waals surface area contributed by atoms with E-state index in [2.05, 4.69) is 52.1 Å². The number of fused-ring (bicyclic) bond motifs is 6. The van der Waals surface area contributed by atoms with Gasteiger partial charge in [0.05, 0.1) is 23.7 Å². The normalized spacial score (nSPS) is 39.0. The van der Waals surface area contributed by atoms with Crippen molar-refractivity contribution < 1.29 is 32.2 Å². The Hall–Kier alpha value is -1.62. The molecule has 0 aromatic heterocycles. The maximum absolute atomic E-state index is 13.2. The Balaban J connectivity index is 1.15. The molecule has 4 fully saturated rings. The van der Waals surface area contributed by atoms with Gasteiger partial charge in [0.25, 0.3) is 10.0 Å². The molecule has 4 aliphatic carbocycles. The predicted molar refractivity (Wildman–Crippen MR) is 194 cm³/mol. The Morgan fingerprint density at radius 2 is 1.71 bits per heavy atom. The van der Waals surface area contributed by atoms with Crippen molar-refractivity contribution in [2.24, 2.45) is 52.3 Å². The van der Waals surface area contributed by atoms with Crippen molar-refractivity contribution in [1.29, 1.82) is 0 Å². The summed E-state index contributed by atoms with van der Waals surface area (Å²) in [6.07, 6.45) is 9.14. The number of benzene rings is 1. The van der Waals surface area contributed by atoms with E-state index in [0.717, 1.165) is 56.9 Å². The minimum Gasteiger partial charge on any atom is -0.488 e. The van der Waals surface area contributed by atoms with Crippen LogP contribution in [0.4, 0.5) is 4.79 Å². The third-order valence-electron chi connectivity index (χ3n) is 14.0. The highest BCUT2D eigenvalue weighted by molar-refractivity contribution is 7.90. The van der Waals surface area contributed by atoms with Gasteiger partial charge in [0.2, 0.25) is 0 Å². The molecule has 49 heavy (non-hydrogen) atoms. The highest BCUT2D eigenvalue weighted by Crippen LogP contribution is 2.70. The van der Waals surface area contributed by atoms with Gasteiger partial charge in [-0.25, -0.2) is 17.9 Å². The van der Waals surface area contributed by atoms with Crippen LogP contribution in [0.5, 0.6) is 5.75 Å². The number of carbonyl (C=O) groups excluding carboxylic acids is 1. The number of amides is 1. The zero-order chi connectivity index (χ0) is 35.7. The monoisotopic (exact) mass is 717 g/mol. The van der Waals surface area contributed by atoms with Gasteiger partial charge in [0.1, 0.15) is 11.4 Å². The largest absolute Gasteiger partial charge is 0.488 e. The molecule has 1 heterocycles. The molecule has 0 saturated heterocycles. The van der Waals surface area contributed by atoms with Gasteiger partial charge in [0, 0.05) is 0 Å². The Kier molecular flexibility index (Phi) is 9.93. The van der Waals surface area contributed by atoms with Gasteiger partial charge in [-0.2, -0.15) is 0 Å². The van der Waals surface area contributed by atoms with Crippen LogP contribution in [0.15, 0.2) is 23.1 Å². The van der Waals surface area contributed by atoms with Crippen molar-refractivity contribution in [2.45, 2.75) is 148 Å².